The van der Waals surface area contributed by atoms with Gasteiger partial charge in [0, 0.05) is 19.5 Å². The van der Waals surface area contributed by atoms with Gasteiger partial charge in [-0.1, -0.05) is 35.0 Å². The number of aryl methyl sites for hydroxylation is 1. The van der Waals surface area contributed by atoms with E-state index < -0.39 is 0 Å². The molecule has 1 aromatic heterocycles. The van der Waals surface area contributed by atoms with E-state index in [1.54, 1.807) is 0 Å². The van der Waals surface area contributed by atoms with Crippen molar-refractivity contribution in [2.75, 3.05) is 13.1 Å². The SMILES string of the molecule is Cc1cccc(Cc2noc(CC3NCCNC3=O)n2)c1. The summed E-state index contributed by atoms with van der Waals surface area (Å²) in [7, 11) is 0. The quantitative estimate of drug-likeness (QED) is 0.860. The highest BCUT2D eigenvalue weighted by Crippen LogP contribution is 2.10. The number of hydrogen-bond donors (Lipinski definition) is 2. The van der Waals surface area contributed by atoms with E-state index in [2.05, 4.69) is 39.8 Å². The summed E-state index contributed by atoms with van der Waals surface area (Å²) in [6, 6.07) is 7.93. The van der Waals surface area contributed by atoms with Crippen LogP contribution in [-0.4, -0.2) is 35.2 Å². The number of amides is 1. The molecule has 1 fully saturated rings. The van der Waals surface area contributed by atoms with E-state index in [1.807, 2.05) is 12.1 Å². The van der Waals surface area contributed by atoms with Gasteiger partial charge < -0.3 is 15.2 Å². The third-order valence-electron chi connectivity index (χ3n) is 3.47. The Kier molecular flexibility index (Phi) is 3.96. The standard InChI is InChI=1S/C15H18N4O2/c1-10-3-2-4-11(7-10)8-13-18-14(21-19-13)9-12-15(20)17-6-5-16-12/h2-4,7,12,16H,5-6,8-9H2,1H3,(H,17,20). The molecule has 3 rings (SSSR count). The Labute approximate surface area is 122 Å². The number of carbonyl (C=O) groups excluding carboxylic acids is 1. The monoisotopic (exact) mass is 286 g/mol. The number of piperazine rings is 1. The minimum absolute atomic E-state index is 0.0142. The summed E-state index contributed by atoms with van der Waals surface area (Å²) in [6.07, 6.45) is 1.06. The molecule has 1 aliphatic heterocycles. The van der Waals surface area contributed by atoms with Gasteiger partial charge in [-0.05, 0) is 12.5 Å². The topological polar surface area (TPSA) is 80.0 Å². The summed E-state index contributed by atoms with van der Waals surface area (Å²) in [5.41, 5.74) is 2.36. The van der Waals surface area contributed by atoms with Gasteiger partial charge in [0.1, 0.15) is 0 Å². The summed E-state index contributed by atoms with van der Waals surface area (Å²) in [6.45, 7) is 3.48. The van der Waals surface area contributed by atoms with Crippen molar-refractivity contribution in [2.45, 2.75) is 25.8 Å². The van der Waals surface area contributed by atoms with Crippen LogP contribution < -0.4 is 10.6 Å². The van der Waals surface area contributed by atoms with Crippen molar-refractivity contribution in [3.63, 3.8) is 0 Å². The van der Waals surface area contributed by atoms with E-state index in [9.17, 15) is 4.79 Å². The molecule has 6 nitrogen and oxygen atoms in total. The van der Waals surface area contributed by atoms with Crippen LogP contribution in [-0.2, 0) is 17.6 Å². The maximum atomic E-state index is 11.7. The fourth-order valence-corrected chi connectivity index (χ4v) is 2.44. The lowest BCUT2D eigenvalue weighted by molar-refractivity contribution is -0.124. The highest BCUT2D eigenvalue weighted by atomic mass is 16.5. The van der Waals surface area contributed by atoms with Crippen LogP contribution in [0.1, 0.15) is 22.8 Å². The van der Waals surface area contributed by atoms with Gasteiger partial charge in [-0.25, -0.2) is 0 Å². The Morgan fingerprint density at radius 2 is 2.29 bits per heavy atom. The molecule has 1 aromatic carbocycles. The van der Waals surface area contributed by atoms with E-state index >= 15 is 0 Å². The smallest absolute Gasteiger partial charge is 0.237 e. The van der Waals surface area contributed by atoms with Crippen LogP contribution in [0.5, 0.6) is 0 Å². The van der Waals surface area contributed by atoms with Gasteiger partial charge >= 0.3 is 0 Å². The number of benzene rings is 1. The van der Waals surface area contributed by atoms with Crippen LogP contribution in [0.2, 0.25) is 0 Å². The van der Waals surface area contributed by atoms with E-state index in [0.717, 1.165) is 12.1 Å². The third kappa shape index (κ3) is 3.46. The molecule has 2 aromatic rings. The molecule has 21 heavy (non-hydrogen) atoms. The summed E-state index contributed by atoms with van der Waals surface area (Å²) >= 11 is 0. The molecule has 2 N–H and O–H groups in total. The summed E-state index contributed by atoms with van der Waals surface area (Å²) in [4.78, 5) is 16.0. The Morgan fingerprint density at radius 3 is 3.10 bits per heavy atom. The lowest BCUT2D eigenvalue weighted by atomic mass is 10.1. The van der Waals surface area contributed by atoms with Gasteiger partial charge in [0.25, 0.3) is 0 Å². The number of hydrogen-bond acceptors (Lipinski definition) is 5. The lowest BCUT2D eigenvalue weighted by Gasteiger charge is -2.21. The maximum Gasteiger partial charge on any atom is 0.237 e. The molecule has 110 valence electrons. The molecule has 0 bridgehead atoms. The van der Waals surface area contributed by atoms with Gasteiger partial charge in [0.05, 0.1) is 12.5 Å². The number of nitrogens with zero attached hydrogens (tertiary/aromatic N) is 2. The van der Waals surface area contributed by atoms with Crippen molar-refractivity contribution in [2.24, 2.45) is 0 Å². The van der Waals surface area contributed by atoms with E-state index in [4.69, 9.17) is 4.52 Å². The van der Waals surface area contributed by atoms with Crippen LogP contribution in [0.3, 0.4) is 0 Å². The molecule has 1 atom stereocenters. The molecule has 0 saturated carbocycles. The number of aromatic nitrogens is 2. The van der Waals surface area contributed by atoms with Gasteiger partial charge in [0.2, 0.25) is 11.8 Å². The molecular weight excluding hydrogens is 268 g/mol. The normalized spacial score (nSPS) is 18.5. The van der Waals surface area contributed by atoms with Gasteiger partial charge in [-0.3, -0.25) is 4.79 Å². The molecule has 1 amide bonds. The zero-order chi connectivity index (χ0) is 14.7. The molecular formula is C15H18N4O2. The molecule has 1 aliphatic rings. The molecule has 2 heterocycles. The predicted molar refractivity (Wildman–Crippen MR) is 76.8 cm³/mol. The van der Waals surface area contributed by atoms with Crippen molar-refractivity contribution in [3.8, 4) is 0 Å². The summed E-state index contributed by atoms with van der Waals surface area (Å²) < 4.78 is 5.24. The minimum atomic E-state index is -0.286. The van der Waals surface area contributed by atoms with Crippen LogP contribution >= 0.6 is 0 Å². The van der Waals surface area contributed by atoms with Crippen LogP contribution in [0, 0.1) is 6.92 Å². The van der Waals surface area contributed by atoms with Crippen molar-refractivity contribution in [1.82, 2.24) is 20.8 Å². The molecule has 1 saturated heterocycles. The second-order valence-electron chi connectivity index (χ2n) is 5.27. The zero-order valence-electron chi connectivity index (χ0n) is 11.9. The predicted octanol–water partition coefficient (Wildman–Crippen LogP) is 0.599. The maximum absolute atomic E-state index is 11.7. The number of carbonyl (C=O) groups is 1. The lowest BCUT2D eigenvalue weighted by Crippen LogP contribution is -2.53. The Bertz CT molecular complexity index is 638. The van der Waals surface area contributed by atoms with E-state index in [-0.39, 0.29) is 11.9 Å². The van der Waals surface area contributed by atoms with Gasteiger partial charge in [0.15, 0.2) is 5.82 Å². The summed E-state index contributed by atoms with van der Waals surface area (Å²) in [5.74, 6) is 1.12. The Balaban J connectivity index is 1.64. The number of rotatable bonds is 4. The van der Waals surface area contributed by atoms with Gasteiger partial charge in [-0.2, -0.15) is 4.98 Å². The second kappa shape index (κ2) is 6.05. The Morgan fingerprint density at radius 1 is 1.38 bits per heavy atom. The highest BCUT2D eigenvalue weighted by Gasteiger charge is 2.24. The average Bonchev–Trinajstić information content (AvgIpc) is 2.89. The first kappa shape index (κ1) is 13.8. The molecule has 0 spiro atoms. The Hall–Kier alpha value is -2.21. The van der Waals surface area contributed by atoms with Crippen molar-refractivity contribution in [3.05, 3.63) is 47.1 Å². The first-order valence-electron chi connectivity index (χ1n) is 7.09. The van der Waals surface area contributed by atoms with Crippen molar-refractivity contribution < 1.29 is 9.32 Å². The van der Waals surface area contributed by atoms with Crippen molar-refractivity contribution >= 4 is 5.91 Å². The average molecular weight is 286 g/mol. The van der Waals surface area contributed by atoms with E-state index in [0.29, 0.717) is 31.1 Å². The highest BCUT2D eigenvalue weighted by molar-refractivity contribution is 5.82. The summed E-state index contributed by atoms with van der Waals surface area (Å²) in [5, 5.41) is 9.94. The third-order valence-corrected chi connectivity index (χ3v) is 3.47. The zero-order valence-corrected chi connectivity index (χ0v) is 11.9. The molecule has 0 aliphatic carbocycles. The molecule has 0 radical (unpaired) electrons. The second-order valence-corrected chi connectivity index (χ2v) is 5.27. The van der Waals surface area contributed by atoms with Crippen LogP contribution in [0.15, 0.2) is 28.8 Å². The van der Waals surface area contributed by atoms with Crippen LogP contribution in [0.4, 0.5) is 0 Å². The fourth-order valence-electron chi connectivity index (χ4n) is 2.44. The number of nitrogens with one attached hydrogen (secondary N) is 2. The first-order chi connectivity index (χ1) is 10.2. The fraction of sp³-hybridized carbons (Fsp3) is 0.400. The minimum Gasteiger partial charge on any atom is -0.353 e. The van der Waals surface area contributed by atoms with E-state index in [1.165, 1.54) is 5.56 Å². The van der Waals surface area contributed by atoms with Crippen molar-refractivity contribution in [1.29, 1.82) is 0 Å². The largest absolute Gasteiger partial charge is 0.353 e. The van der Waals surface area contributed by atoms with Gasteiger partial charge in [-0.15, -0.1) is 0 Å². The van der Waals surface area contributed by atoms with Crippen LogP contribution in [0.25, 0.3) is 0 Å². The molecule has 1 unspecified atom stereocenters. The molecule has 6 heteroatoms. The first-order valence-corrected chi connectivity index (χ1v) is 7.09.